The van der Waals surface area contributed by atoms with E-state index in [0.29, 0.717) is 88.8 Å². The molecule has 11 aliphatic rings. The lowest BCUT2D eigenvalue weighted by molar-refractivity contribution is -0.131. The quantitative estimate of drug-likeness (QED) is 0.0656. The molecule has 1 atom stereocenters. The number of halogens is 1. The number of ether oxygens (including phenoxy) is 1. The second-order valence-electron chi connectivity index (χ2n) is 35.5. The number of rotatable bonds is 2. The number of carbonyl (C=O) groups is 10. The van der Waals surface area contributed by atoms with Crippen LogP contribution in [-0.4, -0.2) is 109 Å². The molecule has 774 valence electrons. The molecule has 0 saturated heterocycles. The predicted octanol–water partition coefficient (Wildman–Crippen LogP) is 19.7. The molecule has 0 radical (unpaired) electrons. The minimum Gasteiger partial charge on any atom is -0.494 e. The molecule has 4 aromatic rings. The van der Waals surface area contributed by atoms with E-state index in [-0.39, 0.29) is 116 Å². The second kappa shape index (κ2) is 62.9. The molecule has 4 amide bonds. The van der Waals surface area contributed by atoms with E-state index in [1.165, 1.54) is 54.1 Å². The summed E-state index contributed by atoms with van der Waals surface area (Å²) in [6.45, 7) is 69.6. The van der Waals surface area contributed by atoms with Gasteiger partial charge < -0.3 is 52.0 Å². The second-order valence-corrected chi connectivity index (χ2v) is 35.5. The molecule has 13 N–H and O–H groups in total. The molecule has 1 unspecified atom stereocenters. The van der Waals surface area contributed by atoms with Gasteiger partial charge in [0.15, 0.2) is 46.5 Å². The lowest BCUT2D eigenvalue weighted by Crippen LogP contribution is -2.38. The molecule has 15 rings (SSSR count). The summed E-state index contributed by atoms with van der Waals surface area (Å²) in [6, 6.07) is 2.02. The van der Waals surface area contributed by atoms with Crippen molar-refractivity contribution in [3.05, 3.63) is 371 Å². The molecule has 31 heteroatoms. The van der Waals surface area contributed by atoms with Crippen molar-refractivity contribution in [2.75, 3.05) is 5.73 Å². The number of aromatic nitrogens is 7. The van der Waals surface area contributed by atoms with Gasteiger partial charge in [0.2, 0.25) is 11.8 Å². The van der Waals surface area contributed by atoms with Gasteiger partial charge in [0.25, 0.3) is 34.4 Å². The van der Waals surface area contributed by atoms with Crippen molar-refractivity contribution in [1.29, 1.82) is 0 Å². The number of carbonyl (C=O) groups excluding carboxylic acids is 10. The van der Waals surface area contributed by atoms with Gasteiger partial charge in [0.1, 0.15) is 35.4 Å². The van der Waals surface area contributed by atoms with Gasteiger partial charge >= 0.3 is 0 Å². The summed E-state index contributed by atoms with van der Waals surface area (Å²) in [6.07, 6.45) is 40.7. The largest absolute Gasteiger partial charge is 0.494 e. The zero-order valence-electron chi connectivity index (χ0n) is 89.3. The number of anilines is 1. The number of aromatic amines is 3. The van der Waals surface area contributed by atoms with Crippen molar-refractivity contribution in [1.82, 2.24) is 56.2 Å². The predicted molar refractivity (Wildman–Crippen MR) is 576 cm³/mol. The molecule has 5 aliphatic heterocycles. The van der Waals surface area contributed by atoms with Gasteiger partial charge in [0.05, 0.1) is 17.8 Å². The third-order valence-corrected chi connectivity index (χ3v) is 22.2. The van der Waals surface area contributed by atoms with Crippen molar-refractivity contribution >= 4 is 70.0 Å². The van der Waals surface area contributed by atoms with Crippen LogP contribution in [0.15, 0.2) is 320 Å². The molecule has 0 spiro atoms. The Morgan fingerprint density at radius 3 is 1.47 bits per heavy atom. The number of aliphatic hydroxyl groups excluding tert-OH is 1. The number of nitrogens with zero attached hydrogens (tertiary/aromatic N) is 5. The fraction of sp³-hybridized carbons (Fsp3) is 0.333. The molecule has 0 bridgehead atoms. The molecular formula is C114H145FN14O16. The molecule has 0 fully saturated rings. The van der Waals surface area contributed by atoms with Crippen LogP contribution in [0, 0.1) is 66.7 Å². The summed E-state index contributed by atoms with van der Waals surface area (Å²) in [5, 5.41) is 28.1. The number of nitrogens with two attached hydrogens (primary N) is 2. The minimum absolute atomic E-state index is 0.0220. The monoisotopic (exact) mass is 1990 g/mol. The first-order valence-corrected chi connectivity index (χ1v) is 46.4. The van der Waals surface area contributed by atoms with Gasteiger partial charge in [-0.3, -0.25) is 73.0 Å². The summed E-state index contributed by atoms with van der Waals surface area (Å²) in [4.78, 5) is 168. The number of Topliss-reactive ketones (excluding diaryl/α,β-unsaturated/α-hetero) is 6. The van der Waals surface area contributed by atoms with E-state index in [1.807, 2.05) is 159 Å². The SMILES string of the molecule is C#CC1=C(C)CC(=O)C(C)=C1.C=C1CC=C(C)C(=O)N1.C=C1CC=C(C)C(N)=N1.C=C1NC(=O)C(C)=CO1.C=C1NC(O)=C(C)C=C1C.C=CC1=C(C)CC(=O)C(C)=C1.CC1=CC(C)=C(C)CC1=O.CC1=CC(C)C(=O)NC1=O.CC1=CC(F)=C(C)CC1=O.CC1=CC=C(C)C(=O)C1.CCC1=C(C)CC(=O)C(C)=C1.Cc1cnc(N)c(C)c1.Cc1cnc[nH]c1=O.Cc1nc(O)c(C)c(=O)[nH]1.Cc1ncc(C)c(=O)[nH]1. The number of amidine groups is 1. The Kier molecular flexibility index (Phi) is 55.1. The maximum atomic E-state index is 12.7. The van der Waals surface area contributed by atoms with Gasteiger partial charge in [0, 0.05) is 126 Å². The zero-order chi connectivity index (χ0) is 111. The van der Waals surface area contributed by atoms with Crippen LogP contribution in [0.2, 0.25) is 0 Å². The highest BCUT2D eigenvalue weighted by Gasteiger charge is 2.23. The number of H-pyrrole nitrogens is 3. The maximum absolute atomic E-state index is 12.7. The number of terminal acetylenes is 1. The number of dihydropyridines is 2. The molecule has 6 aliphatic carbocycles. The first-order chi connectivity index (χ1) is 67.5. The first-order valence-electron chi connectivity index (χ1n) is 46.4. The lowest BCUT2D eigenvalue weighted by atomic mass is 9.92. The molecule has 0 aromatic carbocycles. The van der Waals surface area contributed by atoms with Gasteiger partial charge in [-0.25, -0.2) is 29.3 Å². The van der Waals surface area contributed by atoms with Crippen LogP contribution in [0.25, 0.3) is 0 Å². The van der Waals surface area contributed by atoms with Gasteiger partial charge in [-0.05, 0) is 295 Å². The van der Waals surface area contributed by atoms with Crippen molar-refractivity contribution in [2.45, 2.75) is 252 Å². The van der Waals surface area contributed by atoms with Crippen LogP contribution in [0.3, 0.4) is 0 Å². The van der Waals surface area contributed by atoms with Crippen molar-refractivity contribution in [2.24, 2.45) is 16.6 Å². The highest BCUT2D eigenvalue weighted by Crippen LogP contribution is 2.27. The average Bonchev–Trinajstić information content (AvgIpc) is 0.866. The first kappa shape index (κ1) is 127. The van der Waals surface area contributed by atoms with Crippen molar-refractivity contribution in [3.63, 3.8) is 0 Å². The molecule has 9 heterocycles. The summed E-state index contributed by atoms with van der Waals surface area (Å²) >= 11 is 0. The number of hydrogen-bond acceptors (Lipinski definition) is 24. The van der Waals surface area contributed by atoms with E-state index >= 15 is 0 Å². The van der Waals surface area contributed by atoms with Gasteiger partial charge in [-0.2, -0.15) is 0 Å². The molecular weight excluding hydrogens is 1840 g/mol. The third kappa shape index (κ3) is 47.3. The number of aryl methyl sites for hydroxylation is 6. The Balaban J connectivity index is 0.000000777. The number of aromatic hydroxyl groups is 1. The van der Waals surface area contributed by atoms with Crippen LogP contribution in [0.1, 0.15) is 243 Å². The number of aliphatic imine (C=N–C) groups is 1. The lowest BCUT2D eigenvalue weighted by Gasteiger charge is -2.15. The van der Waals surface area contributed by atoms with E-state index in [4.69, 9.17) is 32.8 Å². The summed E-state index contributed by atoms with van der Waals surface area (Å²) < 4.78 is 17.4. The topological polar surface area (TPSA) is 483 Å². The highest BCUT2D eigenvalue weighted by molar-refractivity contribution is 6.08. The Morgan fingerprint density at radius 2 is 1.01 bits per heavy atom. The van der Waals surface area contributed by atoms with Crippen LogP contribution in [0.4, 0.5) is 10.2 Å². The Hall–Kier alpha value is -16.1. The highest BCUT2D eigenvalue weighted by atomic mass is 19.1. The van der Waals surface area contributed by atoms with E-state index in [9.17, 15) is 66.7 Å². The van der Waals surface area contributed by atoms with E-state index in [2.05, 4.69) is 107 Å². The Morgan fingerprint density at radius 1 is 0.503 bits per heavy atom. The maximum Gasteiger partial charge on any atom is 0.257 e. The Bertz CT molecular complexity index is 6410. The summed E-state index contributed by atoms with van der Waals surface area (Å²) in [7, 11) is 0. The fourth-order valence-corrected chi connectivity index (χ4v) is 12.1. The third-order valence-electron chi connectivity index (χ3n) is 22.2. The number of nitrogens with one attached hydrogen (secondary N) is 7. The average molecular weight is 1990 g/mol. The zero-order valence-corrected chi connectivity index (χ0v) is 89.3. The number of ketones is 6. The van der Waals surface area contributed by atoms with Crippen LogP contribution < -0.4 is 49.4 Å². The molecule has 145 heavy (non-hydrogen) atoms. The summed E-state index contributed by atoms with van der Waals surface area (Å²) in [5.74, 6) is 5.32. The normalized spacial score (nSPS) is 17.0. The molecule has 0 saturated carbocycles. The van der Waals surface area contributed by atoms with Crippen molar-refractivity contribution in [3.8, 4) is 18.2 Å². The number of nitrogen functional groups attached to an aromatic ring is 1. The number of pyridine rings is 1. The van der Waals surface area contributed by atoms with Crippen LogP contribution in [-0.2, 0) is 52.7 Å². The standard InChI is InChI=1S/C10H14O.C10H12O.C10H10O.C9H12O.C8H9FO.C8H11NO.C8H10O.2C7H10N2.C7H9NO2.C7H9NO.C6H8N2O2.C6H8N2O.C6H7NO2.C5H6N2O/c3*1-4-9-5-8(3)10(11)6-7(9)2;1-6-4-8(3)9(10)5-7(6)2;1-5-4-8(10)6(2)3-7(5)9;1-5-4-6(2)8(10)9-7(5)3;1-6-3-4-7(2)8(9)5-6;1-5-3-6(2)7(8)9-4-5;1-5-3-4-6(2)9-7(5)8;1-4-3-5(2)7(10)8-6(4)9;1-5-3-4-6(2)8-7(5)9;1-3-5(9)7-4(2)8-6(3)10;1-4-3-7-5(2)8-6(4)9;1-4-3-9-5(2)7-6(4)8;1-4-2-6-3-7-5(4)8/h5H,4,6H2,1-3H3;4-5H,1,6H2,2-3H3;1,5H,6H2,2-3H3;4H,5H2,1-3H3;3H,4H2,1-2H3;4,9-10H,3H2,1-2H3;3-4H,5H2,1-2H3;3-4H,1-2H3,(H2,8,9);3H,2,4H2,1H3,(H2,8,9);3-4H,1-2H3,(H,8,9,10);3H,2,4H2,1H3,(H,8,9);1-2H3,(H2,7,8,9,10);3H,1-2H3,(H,7,8,9);3H,2H2,1H3,(H,7,8);2-3H,1H3,(H,6,7,8). The van der Waals surface area contributed by atoms with Crippen molar-refractivity contribution < 1.29 is 67.3 Å². The van der Waals surface area contributed by atoms with Gasteiger partial charge in [-0.1, -0.05) is 129 Å². The van der Waals surface area contributed by atoms with Crippen LogP contribution >= 0.6 is 0 Å². The number of hydrogen-bond donors (Lipinski definition) is 11. The van der Waals surface area contributed by atoms with Crippen LogP contribution in [0.5, 0.6) is 5.88 Å². The smallest absolute Gasteiger partial charge is 0.257 e. The molecule has 30 nitrogen and oxygen atoms in total. The number of imide groups is 1. The van der Waals surface area contributed by atoms with E-state index in [0.717, 1.165) is 126 Å². The van der Waals surface area contributed by atoms with Gasteiger partial charge in [-0.15, -0.1) is 6.42 Å². The minimum atomic E-state index is -0.287. The number of amides is 4. The Labute approximate surface area is 851 Å². The molecule has 4 aromatic heterocycles. The van der Waals surface area contributed by atoms with E-state index in [1.54, 1.807) is 107 Å². The summed E-state index contributed by atoms with van der Waals surface area (Å²) in [5.41, 5.74) is 37.2. The van der Waals surface area contributed by atoms with E-state index < -0.39 is 0 Å². The number of aliphatic hydroxyl groups is 1. The fourth-order valence-electron chi connectivity index (χ4n) is 12.1. The number of allylic oxidation sites excluding steroid dienone is 30.